The minimum absolute atomic E-state index is 0.563. The van der Waals surface area contributed by atoms with Crippen LogP contribution in [0.3, 0.4) is 0 Å². The van der Waals surface area contributed by atoms with Gasteiger partial charge in [0.15, 0.2) is 0 Å². The van der Waals surface area contributed by atoms with E-state index >= 15 is 0 Å². The quantitative estimate of drug-likeness (QED) is 0.595. The summed E-state index contributed by atoms with van der Waals surface area (Å²) in [4.78, 5) is 15.6. The van der Waals surface area contributed by atoms with E-state index in [1.165, 1.54) is 21.2 Å². The fourth-order valence-electron chi connectivity index (χ4n) is 2.92. The van der Waals surface area contributed by atoms with Gasteiger partial charge in [0, 0.05) is 15.4 Å². The summed E-state index contributed by atoms with van der Waals surface area (Å²) in [6.07, 6.45) is 0.836. The van der Waals surface area contributed by atoms with Crippen molar-refractivity contribution < 1.29 is 9.53 Å². The molecule has 0 saturated carbocycles. The molecule has 25 heavy (non-hydrogen) atoms. The number of rotatable bonds is 5. The first-order valence-electron chi connectivity index (χ1n) is 8.16. The van der Waals surface area contributed by atoms with Crippen LogP contribution >= 0.6 is 11.8 Å². The Morgan fingerprint density at radius 1 is 0.840 bits per heavy atom. The summed E-state index contributed by atoms with van der Waals surface area (Å²) in [5.74, 6) is 0.776. The van der Waals surface area contributed by atoms with E-state index < -0.39 is 0 Å². The molecule has 0 radical (unpaired) electrons. The zero-order valence-corrected chi connectivity index (χ0v) is 14.4. The van der Waals surface area contributed by atoms with Gasteiger partial charge in [-0.15, -0.1) is 0 Å². The zero-order chi connectivity index (χ0) is 17.1. The van der Waals surface area contributed by atoms with Gasteiger partial charge in [0.25, 0.3) is 0 Å². The van der Waals surface area contributed by atoms with Crippen LogP contribution in [-0.2, 0) is 0 Å². The number of fused-ring (bicyclic) bond motifs is 2. The van der Waals surface area contributed by atoms with Crippen LogP contribution in [0.1, 0.15) is 10.4 Å². The maximum atomic E-state index is 10.7. The van der Waals surface area contributed by atoms with Crippen molar-refractivity contribution in [2.75, 3.05) is 18.1 Å². The Morgan fingerprint density at radius 2 is 1.44 bits per heavy atom. The molecule has 0 spiro atoms. The van der Waals surface area contributed by atoms with E-state index in [-0.39, 0.29) is 0 Å². The van der Waals surface area contributed by atoms with Gasteiger partial charge in [0.05, 0.1) is 17.9 Å². The number of para-hydroxylation sites is 2. The first kappa shape index (κ1) is 15.8. The number of nitrogens with zero attached hydrogens (tertiary/aromatic N) is 1. The summed E-state index contributed by atoms with van der Waals surface area (Å²) in [5, 5.41) is 0. The van der Waals surface area contributed by atoms with Crippen LogP contribution in [0.15, 0.2) is 82.6 Å². The lowest BCUT2D eigenvalue weighted by Crippen LogP contribution is -2.26. The summed E-state index contributed by atoms with van der Waals surface area (Å²) >= 11 is 1.80. The average molecular weight is 347 g/mol. The fourth-order valence-corrected chi connectivity index (χ4v) is 4.02. The van der Waals surface area contributed by atoms with Crippen molar-refractivity contribution in [3.05, 3.63) is 78.4 Å². The molecule has 124 valence electrons. The highest BCUT2D eigenvalue weighted by molar-refractivity contribution is 7.99. The number of carbonyl (C=O) groups is 1. The molecule has 1 aliphatic rings. The second-order valence-corrected chi connectivity index (χ2v) is 6.81. The molecule has 0 fully saturated rings. The van der Waals surface area contributed by atoms with Crippen molar-refractivity contribution >= 4 is 29.4 Å². The summed E-state index contributed by atoms with van der Waals surface area (Å²) in [7, 11) is 0. The van der Waals surface area contributed by atoms with E-state index in [1.807, 2.05) is 12.1 Å². The third-order valence-electron chi connectivity index (χ3n) is 4.13. The zero-order valence-electron chi connectivity index (χ0n) is 13.6. The highest BCUT2D eigenvalue weighted by Crippen LogP contribution is 2.47. The van der Waals surface area contributed by atoms with Crippen LogP contribution in [0.4, 0.5) is 11.4 Å². The van der Waals surface area contributed by atoms with E-state index in [4.69, 9.17) is 4.74 Å². The molecule has 0 N–H and O–H groups in total. The average Bonchev–Trinajstić information content (AvgIpc) is 2.68. The maximum absolute atomic E-state index is 10.7. The second-order valence-electron chi connectivity index (χ2n) is 5.72. The Bertz CT molecular complexity index is 847. The molecule has 0 saturated heterocycles. The third-order valence-corrected chi connectivity index (χ3v) is 5.26. The number of benzene rings is 3. The minimum Gasteiger partial charge on any atom is -0.492 e. The van der Waals surface area contributed by atoms with Crippen molar-refractivity contribution in [1.29, 1.82) is 0 Å². The minimum atomic E-state index is 0.563. The molecule has 3 nitrogen and oxygen atoms in total. The Balaban J connectivity index is 1.52. The lowest BCUT2D eigenvalue weighted by atomic mass is 10.2. The van der Waals surface area contributed by atoms with Gasteiger partial charge in [-0.05, 0) is 48.5 Å². The topological polar surface area (TPSA) is 29.5 Å². The smallest absolute Gasteiger partial charge is 0.150 e. The van der Waals surface area contributed by atoms with E-state index in [2.05, 4.69) is 53.4 Å². The summed E-state index contributed by atoms with van der Waals surface area (Å²) in [5.41, 5.74) is 3.08. The third kappa shape index (κ3) is 3.26. The summed E-state index contributed by atoms with van der Waals surface area (Å²) in [6.45, 7) is 1.32. The molecule has 0 bridgehead atoms. The molecular formula is C21H17NO2S. The molecule has 3 aromatic carbocycles. The van der Waals surface area contributed by atoms with E-state index in [0.717, 1.165) is 18.6 Å². The maximum Gasteiger partial charge on any atom is 0.150 e. The number of carbonyl (C=O) groups excluding carboxylic acids is 1. The van der Waals surface area contributed by atoms with E-state index in [1.54, 1.807) is 23.9 Å². The molecule has 0 aromatic heterocycles. The Hall–Kier alpha value is -2.72. The highest BCUT2D eigenvalue weighted by atomic mass is 32.2. The van der Waals surface area contributed by atoms with Gasteiger partial charge in [-0.3, -0.25) is 4.79 Å². The number of aldehydes is 1. The first-order chi connectivity index (χ1) is 12.3. The van der Waals surface area contributed by atoms with Gasteiger partial charge in [0.1, 0.15) is 18.6 Å². The van der Waals surface area contributed by atoms with Gasteiger partial charge in [0.2, 0.25) is 0 Å². The Labute approximate surface area is 151 Å². The Kier molecular flexibility index (Phi) is 4.44. The normalized spacial score (nSPS) is 12.2. The van der Waals surface area contributed by atoms with Crippen LogP contribution in [0.5, 0.6) is 5.75 Å². The van der Waals surface area contributed by atoms with Crippen LogP contribution < -0.4 is 9.64 Å². The number of hydrogen-bond acceptors (Lipinski definition) is 4. The van der Waals surface area contributed by atoms with E-state index in [9.17, 15) is 4.79 Å². The van der Waals surface area contributed by atoms with Crippen molar-refractivity contribution in [3.8, 4) is 5.75 Å². The predicted octanol–water partition coefficient (Wildman–Crippen LogP) is 5.18. The lowest BCUT2D eigenvalue weighted by Gasteiger charge is -2.32. The lowest BCUT2D eigenvalue weighted by molar-refractivity contribution is 0.112. The van der Waals surface area contributed by atoms with Gasteiger partial charge in [-0.2, -0.15) is 0 Å². The monoisotopic (exact) mass is 347 g/mol. The SMILES string of the molecule is O=Cc1ccc(OCCN2c3ccccc3Sc3ccccc32)cc1. The molecule has 1 aliphatic heterocycles. The molecule has 4 rings (SSSR count). The van der Waals surface area contributed by atoms with Gasteiger partial charge in [-0.1, -0.05) is 36.0 Å². The van der Waals surface area contributed by atoms with Crippen LogP contribution in [0.25, 0.3) is 0 Å². The molecule has 0 unspecified atom stereocenters. The summed E-state index contributed by atoms with van der Waals surface area (Å²) in [6, 6.07) is 24.1. The van der Waals surface area contributed by atoms with Crippen LogP contribution in [-0.4, -0.2) is 19.4 Å². The molecular weight excluding hydrogens is 330 g/mol. The van der Waals surface area contributed by atoms with Crippen LogP contribution in [0, 0.1) is 0 Å². The Morgan fingerprint density at radius 3 is 2.04 bits per heavy atom. The first-order valence-corrected chi connectivity index (χ1v) is 8.98. The van der Waals surface area contributed by atoms with Gasteiger partial charge in [-0.25, -0.2) is 0 Å². The largest absolute Gasteiger partial charge is 0.492 e. The van der Waals surface area contributed by atoms with Crippen molar-refractivity contribution in [2.24, 2.45) is 0 Å². The van der Waals surface area contributed by atoms with Crippen molar-refractivity contribution in [1.82, 2.24) is 0 Å². The van der Waals surface area contributed by atoms with Crippen LogP contribution in [0.2, 0.25) is 0 Å². The fraction of sp³-hybridized carbons (Fsp3) is 0.0952. The van der Waals surface area contributed by atoms with Crippen molar-refractivity contribution in [3.63, 3.8) is 0 Å². The molecule has 0 aliphatic carbocycles. The van der Waals surface area contributed by atoms with Gasteiger partial charge < -0.3 is 9.64 Å². The molecule has 3 aromatic rings. The number of ether oxygens (including phenoxy) is 1. The second kappa shape index (κ2) is 7.03. The van der Waals surface area contributed by atoms with E-state index in [0.29, 0.717) is 12.2 Å². The van der Waals surface area contributed by atoms with Crippen molar-refractivity contribution in [2.45, 2.75) is 9.79 Å². The molecule has 0 amide bonds. The number of hydrogen-bond donors (Lipinski definition) is 0. The number of anilines is 2. The molecule has 0 atom stereocenters. The molecule has 4 heteroatoms. The predicted molar refractivity (Wildman–Crippen MR) is 101 cm³/mol. The summed E-state index contributed by atoms with van der Waals surface area (Å²) < 4.78 is 5.87. The molecule has 1 heterocycles. The van der Waals surface area contributed by atoms with Gasteiger partial charge >= 0.3 is 0 Å². The highest BCUT2D eigenvalue weighted by Gasteiger charge is 2.22. The standard InChI is InChI=1S/C21H17NO2S/c23-15-16-9-11-17(12-10-16)24-14-13-22-18-5-1-3-7-20(18)25-21-8-4-2-6-19(21)22/h1-12,15H,13-14H2.